The Kier molecular flexibility index (Phi) is 4.64. The molecule has 1 aromatic heterocycles. The van der Waals surface area contributed by atoms with E-state index in [1.54, 1.807) is 0 Å². The maximum absolute atomic E-state index is 12.5. The number of nitrogens with zero attached hydrogens (tertiary/aromatic N) is 2. The van der Waals surface area contributed by atoms with Crippen LogP contribution in [0.5, 0.6) is 0 Å². The monoisotopic (exact) mass is 291 g/mol. The number of nitrogens with one attached hydrogen (secondary N) is 1. The van der Waals surface area contributed by atoms with Gasteiger partial charge in [-0.05, 0) is 19.4 Å². The molecule has 1 atom stereocenters. The SMILES string of the molecule is CCC(NC(=O)c1cc(C)nc(C(F)(F)F)n1)C(=O)O. The lowest BCUT2D eigenvalue weighted by Gasteiger charge is -2.13. The maximum atomic E-state index is 12.5. The van der Waals surface area contributed by atoms with Crippen molar-refractivity contribution in [2.75, 3.05) is 0 Å². The molecule has 1 unspecified atom stereocenters. The summed E-state index contributed by atoms with van der Waals surface area (Å²) in [4.78, 5) is 28.8. The molecule has 1 heterocycles. The summed E-state index contributed by atoms with van der Waals surface area (Å²) >= 11 is 0. The minimum Gasteiger partial charge on any atom is -0.480 e. The molecule has 2 N–H and O–H groups in total. The molecule has 0 spiro atoms. The number of rotatable bonds is 4. The van der Waals surface area contributed by atoms with Crippen LogP contribution in [0.1, 0.15) is 35.4 Å². The lowest BCUT2D eigenvalue weighted by Crippen LogP contribution is -2.40. The number of carbonyl (C=O) groups is 2. The Morgan fingerprint density at radius 1 is 1.40 bits per heavy atom. The van der Waals surface area contributed by atoms with E-state index >= 15 is 0 Å². The van der Waals surface area contributed by atoms with Crippen molar-refractivity contribution in [3.8, 4) is 0 Å². The van der Waals surface area contributed by atoms with Crippen molar-refractivity contribution in [3.05, 3.63) is 23.3 Å². The van der Waals surface area contributed by atoms with Crippen molar-refractivity contribution in [3.63, 3.8) is 0 Å². The van der Waals surface area contributed by atoms with Gasteiger partial charge >= 0.3 is 12.1 Å². The van der Waals surface area contributed by atoms with Crippen LogP contribution >= 0.6 is 0 Å². The molecule has 0 aromatic carbocycles. The van der Waals surface area contributed by atoms with E-state index in [1.165, 1.54) is 13.8 Å². The Hall–Kier alpha value is -2.19. The smallest absolute Gasteiger partial charge is 0.451 e. The Balaban J connectivity index is 3.05. The fraction of sp³-hybridized carbons (Fsp3) is 0.455. The molecule has 0 aliphatic heterocycles. The van der Waals surface area contributed by atoms with E-state index in [2.05, 4.69) is 15.3 Å². The topological polar surface area (TPSA) is 92.2 Å². The van der Waals surface area contributed by atoms with E-state index in [1.807, 2.05) is 0 Å². The van der Waals surface area contributed by atoms with Gasteiger partial charge in [0.25, 0.3) is 5.91 Å². The van der Waals surface area contributed by atoms with Crippen molar-refractivity contribution in [1.29, 1.82) is 0 Å². The third-order valence-corrected chi connectivity index (χ3v) is 2.35. The highest BCUT2D eigenvalue weighted by Crippen LogP contribution is 2.26. The molecule has 6 nitrogen and oxygen atoms in total. The molecule has 0 saturated carbocycles. The van der Waals surface area contributed by atoms with E-state index in [0.717, 1.165) is 6.07 Å². The van der Waals surface area contributed by atoms with Gasteiger partial charge in [0.1, 0.15) is 11.7 Å². The summed E-state index contributed by atoms with van der Waals surface area (Å²) in [6, 6.07) is -0.133. The lowest BCUT2D eigenvalue weighted by atomic mass is 10.2. The van der Waals surface area contributed by atoms with Crippen LogP contribution in [0.2, 0.25) is 0 Å². The maximum Gasteiger partial charge on any atom is 0.451 e. The molecule has 1 amide bonds. The second kappa shape index (κ2) is 5.85. The quantitative estimate of drug-likeness (QED) is 0.874. The molecule has 9 heteroatoms. The van der Waals surface area contributed by atoms with Gasteiger partial charge in [-0.2, -0.15) is 13.2 Å². The Labute approximate surface area is 112 Å². The fourth-order valence-electron chi connectivity index (χ4n) is 1.38. The first-order chi connectivity index (χ1) is 9.15. The predicted octanol–water partition coefficient (Wildman–Crippen LogP) is 1.40. The zero-order valence-corrected chi connectivity index (χ0v) is 10.7. The van der Waals surface area contributed by atoms with Crippen molar-refractivity contribution in [2.24, 2.45) is 0 Å². The van der Waals surface area contributed by atoms with Crippen LogP contribution in [0.3, 0.4) is 0 Å². The van der Waals surface area contributed by atoms with Crippen LogP contribution in [-0.2, 0) is 11.0 Å². The van der Waals surface area contributed by atoms with Crippen molar-refractivity contribution in [2.45, 2.75) is 32.5 Å². The summed E-state index contributed by atoms with van der Waals surface area (Å²) in [5.41, 5.74) is -0.564. The largest absolute Gasteiger partial charge is 0.480 e. The highest BCUT2D eigenvalue weighted by molar-refractivity contribution is 5.95. The van der Waals surface area contributed by atoms with E-state index in [4.69, 9.17) is 5.11 Å². The van der Waals surface area contributed by atoms with Gasteiger partial charge < -0.3 is 10.4 Å². The summed E-state index contributed by atoms with van der Waals surface area (Å²) in [7, 11) is 0. The van der Waals surface area contributed by atoms with Gasteiger partial charge in [0, 0.05) is 5.69 Å². The second-order valence-electron chi connectivity index (χ2n) is 3.99. The Morgan fingerprint density at radius 2 is 2.00 bits per heavy atom. The van der Waals surface area contributed by atoms with E-state index < -0.39 is 35.6 Å². The first-order valence-corrected chi connectivity index (χ1v) is 5.61. The second-order valence-corrected chi connectivity index (χ2v) is 3.99. The van der Waals surface area contributed by atoms with Crippen LogP contribution in [0.15, 0.2) is 6.07 Å². The number of carboxylic acid groups (broad SMARTS) is 1. The predicted molar refractivity (Wildman–Crippen MR) is 61.0 cm³/mol. The molecule has 20 heavy (non-hydrogen) atoms. The summed E-state index contributed by atoms with van der Waals surface area (Å²) in [5.74, 6) is -3.70. The molecule has 0 bridgehead atoms. The summed E-state index contributed by atoms with van der Waals surface area (Å²) < 4.78 is 37.6. The van der Waals surface area contributed by atoms with Crippen molar-refractivity contribution < 1.29 is 27.9 Å². The number of carboxylic acids is 1. The summed E-state index contributed by atoms with van der Waals surface area (Å²) in [6.07, 6.45) is -4.69. The molecule has 1 rings (SSSR count). The molecular weight excluding hydrogens is 279 g/mol. The number of amides is 1. The number of alkyl halides is 3. The molecule has 0 saturated heterocycles. The molecule has 0 fully saturated rings. The first-order valence-electron chi connectivity index (χ1n) is 5.61. The number of hydrogen-bond acceptors (Lipinski definition) is 4. The molecule has 0 radical (unpaired) electrons. The minimum atomic E-state index is -4.78. The van der Waals surface area contributed by atoms with Gasteiger partial charge in [-0.1, -0.05) is 6.92 Å². The van der Waals surface area contributed by atoms with E-state index in [9.17, 15) is 22.8 Å². The highest BCUT2D eigenvalue weighted by Gasteiger charge is 2.35. The molecule has 0 aliphatic carbocycles. The Morgan fingerprint density at radius 3 is 2.45 bits per heavy atom. The van der Waals surface area contributed by atoms with Crippen LogP contribution in [0.25, 0.3) is 0 Å². The van der Waals surface area contributed by atoms with Crippen molar-refractivity contribution >= 4 is 11.9 Å². The number of hydrogen-bond donors (Lipinski definition) is 2. The summed E-state index contributed by atoms with van der Waals surface area (Å²) in [5, 5.41) is 10.9. The highest BCUT2D eigenvalue weighted by atomic mass is 19.4. The van der Waals surface area contributed by atoms with Gasteiger partial charge in [-0.3, -0.25) is 4.79 Å². The molecular formula is C11H12F3N3O3. The number of aryl methyl sites for hydroxylation is 1. The minimum absolute atomic E-state index is 0.0409. The third-order valence-electron chi connectivity index (χ3n) is 2.35. The molecule has 110 valence electrons. The number of halogens is 3. The van der Waals surface area contributed by atoms with Crippen molar-refractivity contribution in [1.82, 2.24) is 15.3 Å². The van der Waals surface area contributed by atoms with Gasteiger partial charge in [-0.25, -0.2) is 14.8 Å². The number of carbonyl (C=O) groups excluding carboxylic acids is 1. The van der Waals surface area contributed by atoms with Gasteiger partial charge in [-0.15, -0.1) is 0 Å². The first kappa shape index (κ1) is 15.9. The van der Waals surface area contributed by atoms with Crippen LogP contribution in [-0.4, -0.2) is 33.0 Å². The van der Waals surface area contributed by atoms with E-state index in [0.29, 0.717) is 0 Å². The lowest BCUT2D eigenvalue weighted by molar-refractivity contribution is -0.145. The zero-order chi connectivity index (χ0) is 15.5. The van der Waals surface area contributed by atoms with Gasteiger partial charge in [0.05, 0.1) is 0 Å². The van der Waals surface area contributed by atoms with Crippen LogP contribution in [0.4, 0.5) is 13.2 Å². The van der Waals surface area contributed by atoms with Crippen LogP contribution < -0.4 is 5.32 Å². The zero-order valence-electron chi connectivity index (χ0n) is 10.7. The number of aliphatic carboxylic acids is 1. The average Bonchev–Trinajstić information content (AvgIpc) is 2.33. The number of aromatic nitrogens is 2. The third kappa shape index (κ3) is 3.90. The molecule has 0 aliphatic rings. The normalized spacial score (nSPS) is 12.8. The molecule has 1 aromatic rings. The Bertz CT molecular complexity index is 531. The average molecular weight is 291 g/mol. The van der Waals surface area contributed by atoms with E-state index in [-0.39, 0.29) is 12.1 Å². The fourth-order valence-corrected chi connectivity index (χ4v) is 1.38. The standard InChI is InChI=1S/C11H12F3N3O3/c1-3-6(9(19)20)16-8(18)7-4-5(2)15-10(17-7)11(12,13)14/h4,6H,3H2,1-2H3,(H,16,18)(H,19,20). The van der Waals surface area contributed by atoms with Crippen LogP contribution in [0, 0.1) is 6.92 Å². The summed E-state index contributed by atoms with van der Waals surface area (Å²) in [6.45, 7) is 2.80. The van der Waals surface area contributed by atoms with Gasteiger partial charge in [0.2, 0.25) is 5.82 Å². The van der Waals surface area contributed by atoms with Gasteiger partial charge in [0.15, 0.2) is 0 Å².